The zero-order valence-corrected chi connectivity index (χ0v) is 20.0. The van der Waals surface area contributed by atoms with Crippen molar-refractivity contribution in [3.05, 3.63) is 59.2 Å². The molecule has 1 atom stereocenters. The van der Waals surface area contributed by atoms with Crippen LogP contribution >= 0.6 is 0 Å². The van der Waals surface area contributed by atoms with Gasteiger partial charge in [0.15, 0.2) is 5.65 Å². The molecule has 3 aromatic heterocycles. The lowest BCUT2D eigenvalue weighted by Gasteiger charge is -2.34. The van der Waals surface area contributed by atoms with Gasteiger partial charge in [-0.3, -0.25) is 4.79 Å². The van der Waals surface area contributed by atoms with Crippen molar-refractivity contribution in [3.63, 3.8) is 0 Å². The van der Waals surface area contributed by atoms with E-state index in [0.717, 1.165) is 86.3 Å². The Morgan fingerprint density at radius 2 is 1.94 bits per heavy atom. The molecule has 180 valence electrons. The second kappa shape index (κ2) is 8.48. The van der Waals surface area contributed by atoms with Crippen molar-refractivity contribution in [3.8, 4) is 0 Å². The van der Waals surface area contributed by atoms with Crippen molar-refractivity contribution in [2.75, 3.05) is 19.7 Å². The predicted molar refractivity (Wildman–Crippen MR) is 135 cm³/mol. The molecule has 0 radical (unpaired) electrons. The summed E-state index contributed by atoms with van der Waals surface area (Å²) in [6, 6.07) is 10.4. The molecule has 1 unspecified atom stereocenters. The fourth-order valence-electron chi connectivity index (χ4n) is 6.36. The molecule has 0 saturated carbocycles. The third kappa shape index (κ3) is 3.56. The average molecular weight is 470 g/mol. The number of H-pyrrole nitrogens is 1. The number of nitrogens with one attached hydrogen (secondary N) is 1. The number of benzene rings is 1. The summed E-state index contributed by atoms with van der Waals surface area (Å²) in [4.78, 5) is 28.7. The van der Waals surface area contributed by atoms with Crippen LogP contribution in [0, 0.1) is 0 Å². The fourth-order valence-corrected chi connectivity index (χ4v) is 6.36. The maximum Gasteiger partial charge on any atom is 0.253 e. The quantitative estimate of drug-likeness (QED) is 0.452. The highest BCUT2D eigenvalue weighted by molar-refractivity contribution is 5.99. The topological polar surface area (TPSA) is 76.0 Å². The van der Waals surface area contributed by atoms with Crippen LogP contribution in [-0.4, -0.2) is 50.0 Å². The molecule has 1 aromatic carbocycles. The van der Waals surface area contributed by atoms with E-state index in [4.69, 9.17) is 9.72 Å². The lowest BCUT2D eigenvalue weighted by molar-refractivity contribution is 0.0682. The number of aromatic nitrogens is 4. The number of aryl methyl sites for hydroxylation is 2. The smallest absolute Gasteiger partial charge is 0.253 e. The molecular weight excluding hydrogens is 438 g/mol. The minimum absolute atomic E-state index is 0.0443. The van der Waals surface area contributed by atoms with Crippen LogP contribution in [0.25, 0.3) is 22.1 Å². The molecule has 0 spiro atoms. The number of carbonyl (C=O) groups is 1. The summed E-state index contributed by atoms with van der Waals surface area (Å²) in [5, 5.41) is 1.23. The maximum atomic E-state index is 13.5. The first-order chi connectivity index (χ1) is 17.3. The minimum atomic E-state index is 0.0443. The predicted octanol–water partition coefficient (Wildman–Crippen LogP) is 5.12. The number of piperidine rings is 1. The number of fused-ring (bicyclic) bond motifs is 4. The number of amides is 1. The molecule has 7 heteroatoms. The van der Waals surface area contributed by atoms with Crippen LogP contribution in [0.3, 0.4) is 0 Å². The Balaban J connectivity index is 1.13. The van der Waals surface area contributed by atoms with Crippen molar-refractivity contribution in [1.29, 1.82) is 0 Å². The van der Waals surface area contributed by atoms with Gasteiger partial charge in [0.05, 0.1) is 0 Å². The molecule has 1 amide bonds. The van der Waals surface area contributed by atoms with Gasteiger partial charge in [-0.2, -0.15) is 0 Å². The average Bonchev–Trinajstić information content (AvgIpc) is 3.65. The van der Waals surface area contributed by atoms with E-state index in [-0.39, 0.29) is 18.1 Å². The Kier molecular flexibility index (Phi) is 5.12. The molecule has 1 aliphatic carbocycles. The summed E-state index contributed by atoms with van der Waals surface area (Å²) in [5.41, 5.74) is 6.61. The highest BCUT2D eigenvalue weighted by Crippen LogP contribution is 2.36. The molecule has 0 bridgehead atoms. The van der Waals surface area contributed by atoms with Gasteiger partial charge in [-0.25, -0.2) is 9.97 Å². The number of carbonyl (C=O) groups excluding carboxylic acids is 1. The maximum absolute atomic E-state index is 13.5. The second-order valence-electron chi connectivity index (χ2n) is 10.3. The highest BCUT2D eigenvalue weighted by atomic mass is 16.5. The van der Waals surface area contributed by atoms with Crippen molar-refractivity contribution < 1.29 is 9.53 Å². The molecule has 7 nitrogen and oxygen atoms in total. The number of pyridine rings is 1. The van der Waals surface area contributed by atoms with Gasteiger partial charge < -0.3 is 19.2 Å². The number of hydrogen-bond donors (Lipinski definition) is 1. The van der Waals surface area contributed by atoms with Gasteiger partial charge in [-0.1, -0.05) is 0 Å². The molecule has 2 saturated heterocycles. The Hall–Kier alpha value is -3.19. The van der Waals surface area contributed by atoms with Crippen molar-refractivity contribution in [1.82, 2.24) is 24.4 Å². The molecule has 1 N–H and O–H groups in total. The van der Waals surface area contributed by atoms with Gasteiger partial charge in [0.25, 0.3) is 5.91 Å². The van der Waals surface area contributed by atoms with Crippen LogP contribution < -0.4 is 0 Å². The van der Waals surface area contributed by atoms with E-state index >= 15 is 0 Å². The Labute approximate surface area is 204 Å². The molecule has 3 aliphatic rings. The van der Waals surface area contributed by atoms with E-state index in [1.807, 2.05) is 29.3 Å². The van der Waals surface area contributed by atoms with E-state index < -0.39 is 0 Å². The van der Waals surface area contributed by atoms with Crippen molar-refractivity contribution >= 4 is 28.0 Å². The van der Waals surface area contributed by atoms with Gasteiger partial charge in [0.1, 0.15) is 17.4 Å². The number of hydrogen-bond acceptors (Lipinski definition) is 4. The first kappa shape index (κ1) is 21.1. The van der Waals surface area contributed by atoms with E-state index in [2.05, 4.69) is 26.7 Å². The first-order valence-electron chi connectivity index (χ1n) is 13.1. The van der Waals surface area contributed by atoms with Crippen LogP contribution in [0.4, 0.5) is 0 Å². The molecule has 5 heterocycles. The summed E-state index contributed by atoms with van der Waals surface area (Å²) in [5.74, 6) is 1.15. The third-order valence-electron chi connectivity index (χ3n) is 8.16. The van der Waals surface area contributed by atoms with E-state index in [9.17, 15) is 4.79 Å². The summed E-state index contributed by atoms with van der Waals surface area (Å²) < 4.78 is 8.32. The van der Waals surface area contributed by atoms with Crippen molar-refractivity contribution in [2.24, 2.45) is 0 Å². The Morgan fingerprint density at radius 1 is 1.06 bits per heavy atom. The minimum Gasteiger partial charge on any atom is -0.370 e. The van der Waals surface area contributed by atoms with Crippen LogP contribution in [0.15, 0.2) is 36.5 Å². The van der Waals surface area contributed by atoms with Gasteiger partial charge >= 0.3 is 0 Å². The molecular formula is C28H31N5O2. The van der Waals surface area contributed by atoms with Gasteiger partial charge in [-0.05, 0) is 87.3 Å². The number of aromatic amines is 1. The van der Waals surface area contributed by atoms with Crippen LogP contribution in [0.5, 0.6) is 0 Å². The number of ether oxygens (including phenoxy) is 1. The molecule has 7 rings (SSSR count). The van der Waals surface area contributed by atoms with Gasteiger partial charge in [0.2, 0.25) is 0 Å². The monoisotopic (exact) mass is 469 g/mol. The van der Waals surface area contributed by atoms with Crippen LogP contribution in [0.2, 0.25) is 0 Å². The number of rotatable bonds is 3. The molecule has 35 heavy (non-hydrogen) atoms. The van der Waals surface area contributed by atoms with Gasteiger partial charge in [0, 0.05) is 54.1 Å². The largest absolute Gasteiger partial charge is 0.370 e. The summed E-state index contributed by atoms with van der Waals surface area (Å²) >= 11 is 0. The van der Waals surface area contributed by atoms with Crippen LogP contribution in [0.1, 0.15) is 78.1 Å². The van der Waals surface area contributed by atoms with E-state index in [1.54, 1.807) is 0 Å². The summed E-state index contributed by atoms with van der Waals surface area (Å²) in [7, 11) is 0. The summed E-state index contributed by atoms with van der Waals surface area (Å²) in [6.45, 7) is 2.28. The fraction of sp³-hybridized carbons (Fsp3) is 0.464. The third-order valence-corrected chi connectivity index (χ3v) is 8.16. The van der Waals surface area contributed by atoms with Crippen molar-refractivity contribution in [2.45, 2.75) is 63.5 Å². The zero-order chi connectivity index (χ0) is 23.4. The van der Waals surface area contributed by atoms with E-state index in [0.29, 0.717) is 0 Å². The second-order valence-corrected chi connectivity index (χ2v) is 10.3. The Bertz CT molecular complexity index is 1410. The molecule has 2 fully saturated rings. The molecule has 4 aromatic rings. The number of nitrogens with zero attached hydrogens (tertiary/aromatic N) is 4. The highest BCUT2D eigenvalue weighted by Gasteiger charge is 2.31. The van der Waals surface area contributed by atoms with Crippen LogP contribution in [-0.2, 0) is 17.6 Å². The standard InChI is InChI=1S/C28H31N5O2/c34-28(18-9-10-23-21(17-18)20-5-1-2-6-22(20)30-23)32-14-11-19(12-15-32)33-26-24(7-3-13-29-26)31-27(33)25-8-4-16-35-25/h3,7,9-10,13,17,19,25,30H,1-2,4-6,8,11-12,14-16H2. The SMILES string of the molecule is O=C(c1ccc2[nH]c3c(c2c1)CCCC3)N1CCC(n2c(C3CCCO3)nc3cccnc32)CC1. The lowest BCUT2D eigenvalue weighted by Crippen LogP contribution is -2.39. The Morgan fingerprint density at radius 3 is 2.80 bits per heavy atom. The lowest BCUT2D eigenvalue weighted by atomic mass is 9.95. The molecule has 2 aliphatic heterocycles. The van der Waals surface area contributed by atoms with E-state index in [1.165, 1.54) is 29.5 Å². The number of likely N-dealkylation sites (tertiary alicyclic amines) is 1. The zero-order valence-electron chi connectivity index (χ0n) is 20.0. The summed E-state index contributed by atoms with van der Waals surface area (Å²) in [6.07, 6.45) is 10.5. The first-order valence-corrected chi connectivity index (χ1v) is 13.1. The van der Waals surface area contributed by atoms with Gasteiger partial charge in [-0.15, -0.1) is 0 Å². The number of imidazole rings is 1. The normalized spacial score (nSPS) is 21.1.